The number of carbonyl (C=O) groups excluding carboxylic acids is 1. The smallest absolute Gasteiger partial charge is 0.241 e. The lowest BCUT2D eigenvalue weighted by atomic mass is 10.2. The van der Waals surface area contributed by atoms with Gasteiger partial charge in [0.25, 0.3) is 0 Å². The molecule has 1 unspecified atom stereocenters. The first-order valence-corrected chi connectivity index (χ1v) is 12.0. The second-order valence-electron chi connectivity index (χ2n) is 7.53. The van der Waals surface area contributed by atoms with Crippen LogP contribution in [0.2, 0.25) is 0 Å². The van der Waals surface area contributed by atoms with Crippen LogP contribution in [0.5, 0.6) is 11.5 Å². The molecule has 0 bridgehead atoms. The molecule has 0 aliphatic carbocycles. The van der Waals surface area contributed by atoms with Crippen molar-refractivity contribution in [3.8, 4) is 11.5 Å². The van der Waals surface area contributed by atoms with Crippen molar-refractivity contribution in [2.24, 2.45) is 0 Å². The van der Waals surface area contributed by atoms with Gasteiger partial charge in [0.05, 0.1) is 13.1 Å². The molecule has 0 saturated carbocycles. The second-order valence-corrected chi connectivity index (χ2v) is 9.54. The summed E-state index contributed by atoms with van der Waals surface area (Å²) in [5.41, 5.74) is 0.851. The van der Waals surface area contributed by atoms with Crippen molar-refractivity contribution in [2.75, 3.05) is 31.2 Å². The molecule has 2 aliphatic heterocycles. The topological polar surface area (TPSA) is 42.0 Å². The minimum atomic E-state index is 0.114. The first-order chi connectivity index (χ1) is 14.8. The number of fused-ring (bicyclic) bond motifs is 1. The lowest BCUT2D eigenvalue weighted by molar-refractivity contribution is -0.120. The van der Waals surface area contributed by atoms with E-state index < -0.39 is 0 Å². The van der Waals surface area contributed by atoms with Crippen molar-refractivity contribution in [3.05, 3.63) is 63.0 Å². The first-order valence-electron chi connectivity index (χ1n) is 10.3. The van der Waals surface area contributed by atoms with Gasteiger partial charge in [0, 0.05) is 27.5 Å². The molecule has 4 heterocycles. The largest absolute Gasteiger partial charge is 0.486 e. The van der Waals surface area contributed by atoms with E-state index in [1.807, 2.05) is 29.2 Å². The van der Waals surface area contributed by atoms with Crippen LogP contribution in [0.25, 0.3) is 0 Å². The molecule has 5 rings (SSSR count). The van der Waals surface area contributed by atoms with E-state index in [9.17, 15) is 4.79 Å². The van der Waals surface area contributed by atoms with Gasteiger partial charge in [0.2, 0.25) is 5.91 Å². The number of anilines is 1. The predicted octanol–water partition coefficient (Wildman–Crippen LogP) is 4.95. The molecule has 2 aromatic heterocycles. The number of likely N-dealkylation sites (tertiary alicyclic amines) is 1. The van der Waals surface area contributed by atoms with Crippen LogP contribution >= 0.6 is 22.7 Å². The summed E-state index contributed by atoms with van der Waals surface area (Å²) in [7, 11) is 0. The number of hydrogen-bond acceptors (Lipinski definition) is 6. The number of carbonyl (C=O) groups is 1. The third kappa shape index (κ3) is 4.10. The van der Waals surface area contributed by atoms with Gasteiger partial charge in [0.15, 0.2) is 11.5 Å². The van der Waals surface area contributed by atoms with E-state index >= 15 is 0 Å². The maximum Gasteiger partial charge on any atom is 0.241 e. The van der Waals surface area contributed by atoms with Crippen LogP contribution in [-0.4, -0.2) is 37.1 Å². The SMILES string of the molecule is O=C(CN1CCCC1c1cccs1)N(Cc1cccs1)c1ccc2c(c1)OCCO2. The van der Waals surface area contributed by atoms with Gasteiger partial charge in [-0.2, -0.15) is 0 Å². The van der Waals surface area contributed by atoms with Gasteiger partial charge in [-0.1, -0.05) is 12.1 Å². The third-order valence-electron chi connectivity index (χ3n) is 5.61. The summed E-state index contributed by atoms with van der Waals surface area (Å²) in [5, 5.41) is 4.17. The molecular weight excluding hydrogens is 416 g/mol. The van der Waals surface area contributed by atoms with Crippen molar-refractivity contribution in [3.63, 3.8) is 0 Å². The minimum absolute atomic E-state index is 0.114. The molecule has 3 aromatic rings. The van der Waals surface area contributed by atoms with Gasteiger partial charge < -0.3 is 14.4 Å². The van der Waals surface area contributed by atoms with Gasteiger partial charge in [-0.15, -0.1) is 22.7 Å². The fourth-order valence-corrected chi connectivity index (χ4v) is 5.75. The van der Waals surface area contributed by atoms with Crippen LogP contribution in [0.15, 0.2) is 53.2 Å². The van der Waals surface area contributed by atoms with Crippen LogP contribution in [0.3, 0.4) is 0 Å². The molecule has 156 valence electrons. The molecular formula is C23H24N2O3S2. The van der Waals surface area contributed by atoms with Gasteiger partial charge in [0.1, 0.15) is 13.2 Å². The zero-order valence-corrected chi connectivity index (χ0v) is 18.3. The number of rotatable bonds is 6. The molecule has 0 spiro atoms. The Morgan fingerprint density at radius 2 is 1.90 bits per heavy atom. The van der Waals surface area contributed by atoms with Gasteiger partial charge in [-0.3, -0.25) is 9.69 Å². The van der Waals surface area contributed by atoms with Crippen molar-refractivity contribution < 1.29 is 14.3 Å². The zero-order chi connectivity index (χ0) is 20.3. The number of ether oxygens (including phenoxy) is 2. The first kappa shape index (κ1) is 19.6. The minimum Gasteiger partial charge on any atom is -0.486 e. The lowest BCUT2D eigenvalue weighted by Crippen LogP contribution is -2.39. The average molecular weight is 441 g/mol. The van der Waals surface area contributed by atoms with E-state index in [1.165, 1.54) is 4.88 Å². The van der Waals surface area contributed by atoms with Crippen molar-refractivity contribution in [1.82, 2.24) is 4.90 Å². The Morgan fingerprint density at radius 1 is 1.07 bits per heavy atom. The molecule has 0 N–H and O–H groups in total. The summed E-state index contributed by atoms with van der Waals surface area (Å²) in [6, 6.07) is 14.5. The number of benzene rings is 1. The van der Waals surface area contributed by atoms with Crippen LogP contribution < -0.4 is 14.4 Å². The van der Waals surface area contributed by atoms with E-state index in [0.29, 0.717) is 38.1 Å². The van der Waals surface area contributed by atoms with Gasteiger partial charge in [-0.25, -0.2) is 0 Å². The van der Waals surface area contributed by atoms with Crippen molar-refractivity contribution in [1.29, 1.82) is 0 Å². The Morgan fingerprint density at radius 3 is 2.70 bits per heavy atom. The van der Waals surface area contributed by atoms with Crippen LogP contribution in [0, 0.1) is 0 Å². The fraction of sp³-hybridized carbons (Fsp3) is 0.348. The predicted molar refractivity (Wildman–Crippen MR) is 121 cm³/mol. The molecule has 1 fully saturated rings. The van der Waals surface area contributed by atoms with E-state index in [-0.39, 0.29) is 5.91 Å². The summed E-state index contributed by atoms with van der Waals surface area (Å²) < 4.78 is 11.4. The van der Waals surface area contributed by atoms with Crippen molar-refractivity contribution in [2.45, 2.75) is 25.4 Å². The Balaban J connectivity index is 1.39. The summed E-state index contributed by atoms with van der Waals surface area (Å²) >= 11 is 3.45. The Hall–Kier alpha value is -2.35. The van der Waals surface area contributed by atoms with Crippen LogP contribution in [0.1, 0.15) is 28.6 Å². The molecule has 2 aliphatic rings. The molecule has 1 aromatic carbocycles. The van der Waals surface area contributed by atoms with Crippen LogP contribution in [-0.2, 0) is 11.3 Å². The molecule has 1 atom stereocenters. The highest BCUT2D eigenvalue weighted by Gasteiger charge is 2.30. The molecule has 5 nitrogen and oxygen atoms in total. The van der Waals surface area contributed by atoms with E-state index in [1.54, 1.807) is 22.7 Å². The monoisotopic (exact) mass is 440 g/mol. The normalized spacial score (nSPS) is 18.5. The highest BCUT2D eigenvalue weighted by Crippen LogP contribution is 2.36. The van der Waals surface area contributed by atoms with Gasteiger partial charge >= 0.3 is 0 Å². The summed E-state index contributed by atoms with van der Waals surface area (Å²) in [5.74, 6) is 1.56. The molecule has 0 radical (unpaired) electrons. The Bertz CT molecular complexity index is 988. The maximum atomic E-state index is 13.5. The fourth-order valence-electron chi connectivity index (χ4n) is 4.16. The zero-order valence-electron chi connectivity index (χ0n) is 16.7. The van der Waals surface area contributed by atoms with Gasteiger partial charge in [-0.05, 0) is 54.4 Å². The summed E-state index contributed by atoms with van der Waals surface area (Å²) in [6.45, 7) is 3.03. The quantitative estimate of drug-likeness (QED) is 0.544. The molecule has 7 heteroatoms. The Labute approximate surface area is 184 Å². The standard InChI is InChI=1S/C23H24N2O3S2/c26-23(16-24-9-1-5-19(24)22-6-3-13-30-22)25(15-18-4-2-12-29-18)17-7-8-20-21(14-17)28-11-10-27-20/h2-4,6-8,12-14,19H,1,5,9-11,15-16H2. The van der Waals surface area contributed by atoms with Crippen LogP contribution in [0.4, 0.5) is 5.69 Å². The third-order valence-corrected chi connectivity index (χ3v) is 7.44. The maximum absolute atomic E-state index is 13.5. The number of hydrogen-bond donors (Lipinski definition) is 0. The highest BCUT2D eigenvalue weighted by atomic mass is 32.1. The average Bonchev–Trinajstić information content (AvgIpc) is 3.54. The number of amides is 1. The second kappa shape index (κ2) is 8.79. The lowest BCUT2D eigenvalue weighted by Gasteiger charge is -2.29. The highest BCUT2D eigenvalue weighted by molar-refractivity contribution is 7.10. The molecule has 1 saturated heterocycles. The molecule has 30 heavy (non-hydrogen) atoms. The Kier molecular flexibility index (Phi) is 5.75. The number of nitrogens with zero attached hydrogens (tertiary/aromatic N) is 2. The van der Waals surface area contributed by atoms with E-state index in [2.05, 4.69) is 33.9 Å². The summed E-state index contributed by atoms with van der Waals surface area (Å²) in [4.78, 5) is 20.3. The van der Waals surface area contributed by atoms with E-state index in [0.717, 1.165) is 35.7 Å². The number of thiophene rings is 2. The summed E-state index contributed by atoms with van der Waals surface area (Å²) in [6.07, 6.45) is 2.24. The van der Waals surface area contributed by atoms with E-state index in [4.69, 9.17) is 9.47 Å². The molecule has 1 amide bonds. The van der Waals surface area contributed by atoms with Crippen molar-refractivity contribution >= 4 is 34.3 Å².